The number of aliphatic hydroxyl groups excluding tert-OH is 3. The van der Waals surface area contributed by atoms with Gasteiger partial charge < -0.3 is 39.7 Å². The summed E-state index contributed by atoms with van der Waals surface area (Å²) in [6, 6.07) is 13.8. The SMILES string of the molecule is O=C(O)Cc1ccc(OC(F)F)cc1.O=C(O)[C@H]1O[C@@H](Oc2ccccc2)[C@H](O)[C@@H](O)[C@@H]1O. The number of carboxylic acids is 2. The van der Waals surface area contributed by atoms with Gasteiger partial charge in [0, 0.05) is 0 Å². The van der Waals surface area contributed by atoms with Crippen LogP contribution in [-0.4, -0.2) is 74.8 Å². The van der Waals surface area contributed by atoms with Crippen LogP contribution in [0.15, 0.2) is 54.6 Å². The Labute approximate surface area is 186 Å². The van der Waals surface area contributed by atoms with E-state index >= 15 is 0 Å². The van der Waals surface area contributed by atoms with Crippen molar-refractivity contribution in [3.05, 3.63) is 60.2 Å². The number of benzene rings is 2. The van der Waals surface area contributed by atoms with E-state index in [1.54, 1.807) is 30.3 Å². The van der Waals surface area contributed by atoms with Gasteiger partial charge in [-0.2, -0.15) is 8.78 Å². The lowest BCUT2D eigenvalue weighted by atomic mass is 9.99. The molecule has 0 aromatic heterocycles. The van der Waals surface area contributed by atoms with Crippen LogP contribution in [0.3, 0.4) is 0 Å². The molecule has 1 fully saturated rings. The normalized spacial score (nSPS) is 24.4. The molecule has 5 atom stereocenters. The molecule has 1 aliphatic rings. The maximum absolute atomic E-state index is 11.7. The zero-order valence-electron chi connectivity index (χ0n) is 16.9. The minimum absolute atomic E-state index is 0.0224. The van der Waals surface area contributed by atoms with Crippen LogP contribution >= 0.6 is 0 Å². The number of hydrogen-bond donors (Lipinski definition) is 5. The van der Waals surface area contributed by atoms with Crippen LogP contribution in [-0.2, 0) is 20.7 Å². The van der Waals surface area contributed by atoms with Crippen molar-refractivity contribution in [3.63, 3.8) is 0 Å². The molecule has 1 aliphatic heterocycles. The molecule has 5 N–H and O–H groups in total. The van der Waals surface area contributed by atoms with Crippen molar-refractivity contribution in [2.45, 2.75) is 43.7 Å². The zero-order valence-corrected chi connectivity index (χ0v) is 16.9. The highest BCUT2D eigenvalue weighted by atomic mass is 19.3. The lowest BCUT2D eigenvalue weighted by Crippen LogP contribution is -2.61. The first-order valence-electron chi connectivity index (χ1n) is 9.48. The summed E-state index contributed by atoms with van der Waals surface area (Å²) in [4.78, 5) is 21.2. The number of aliphatic carboxylic acids is 2. The fourth-order valence-corrected chi connectivity index (χ4v) is 2.75. The first kappa shape index (κ1) is 25.9. The van der Waals surface area contributed by atoms with Gasteiger partial charge in [0.2, 0.25) is 6.29 Å². The molecule has 1 saturated heterocycles. The van der Waals surface area contributed by atoms with Crippen LogP contribution < -0.4 is 9.47 Å². The standard InChI is InChI=1S/C12H14O7.C9H8F2O3/c13-7-8(14)10(11(16)17)19-12(9(7)15)18-6-4-2-1-3-5-6;10-9(11)14-7-3-1-6(2-4-7)5-8(12)13/h1-5,7-10,12-15H,(H,16,17);1-4,9H,5H2,(H,12,13)/t7-,8-,9+,10-,12+;/m0./s1. The second-order valence-electron chi connectivity index (χ2n) is 6.76. The van der Waals surface area contributed by atoms with E-state index in [2.05, 4.69) is 4.74 Å². The van der Waals surface area contributed by atoms with Crippen LogP contribution in [0, 0.1) is 0 Å². The summed E-state index contributed by atoms with van der Waals surface area (Å²) in [5.41, 5.74) is 0.541. The van der Waals surface area contributed by atoms with E-state index in [0.29, 0.717) is 11.3 Å². The van der Waals surface area contributed by atoms with Crippen molar-refractivity contribution >= 4 is 11.9 Å². The van der Waals surface area contributed by atoms with Crippen LogP contribution in [0.5, 0.6) is 11.5 Å². The van der Waals surface area contributed by atoms with Crippen LogP contribution in [0.1, 0.15) is 5.56 Å². The first-order valence-corrected chi connectivity index (χ1v) is 9.48. The summed E-state index contributed by atoms with van der Waals surface area (Å²) < 4.78 is 37.7. The minimum Gasteiger partial charge on any atom is -0.481 e. The Bertz CT molecular complexity index is 894. The fraction of sp³-hybridized carbons (Fsp3) is 0.333. The molecule has 0 spiro atoms. The fourth-order valence-electron chi connectivity index (χ4n) is 2.75. The van der Waals surface area contributed by atoms with E-state index in [4.69, 9.17) is 19.7 Å². The monoisotopic (exact) mass is 472 g/mol. The lowest BCUT2D eigenvalue weighted by molar-refractivity contribution is -0.271. The summed E-state index contributed by atoms with van der Waals surface area (Å²) in [7, 11) is 0. The van der Waals surface area contributed by atoms with Gasteiger partial charge in [-0.25, -0.2) is 4.79 Å². The van der Waals surface area contributed by atoms with Crippen molar-refractivity contribution in [2.75, 3.05) is 0 Å². The van der Waals surface area contributed by atoms with E-state index in [-0.39, 0.29) is 12.2 Å². The molecule has 0 aliphatic carbocycles. The number of aliphatic hydroxyl groups is 3. The highest BCUT2D eigenvalue weighted by Gasteiger charge is 2.48. The molecule has 2 aromatic rings. The number of halogens is 2. The highest BCUT2D eigenvalue weighted by molar-refractivity contribution is 5.73. The molecule has 0 amide bonds. The van der Waals surface area contributed by atoms with Crippen molar-refractivity contribution in [1.29, 1.82) is 0 Å². The summed E-state index contributed by atoms with van der Waals surface area (Å²) in [6.45, 7) is -2.86. The molecule has 0 radical (unpaired) electrons. The summed E-state index contributed by atoms with van der Waals surface area (Å²) in [5, 5.41) is 46.1. The Hall–Kier alpha value is -3.32. The third kappa shape index (κ3) is 7.95. The number of hydrogen-bond acceptors (Lipinski definition) is 8. The third-order valence-corrected chi connectivity index (χ3v) is 4.31. The van der Waals surface area contributed by atoms with Gasteiger partial charge in [-0.1, -0.05) is 30.3 Å². The Kier molecular flexibility index (Phi) is 9.48. The Morgan fingerprint density at radius 1 is 0.879 bits per heavy atom. The highest BCUT2D eigenvalue weighted by Crippen LogP contribution is 2.24. The van der Waals surface area contributed by atoms with Gasteiger partial charge in [-0.3, -0.25) is 4.79 Å². The number of rotatable bonds is 7. The molecular formula is C21H22F2O10. The number of carboxylic acid groups (broad SMARTS) is 2. The van der Waals surface area contributed by atoms with Gasteiger partial charge in [0.15, 0.2) is 6.10 Å². The van der Waals surface area contributed by atoms with Gasteiger partial charge in [0.05, 0.1) is 6.42 Å². The van der Waals surface area contributed by atoms with Gasteiger partial charge in [-0.05, 0) is 29.8 Å². The molecule has 10 nitrogen and oxygen atoms in total. The Balaban J connectivity index is 0.000000245. The van der Waals surface area contributed by atoms with Crippen LogP contribution in [0.25, 0.3) is 0 Å². The predicted octanol–water partition coefficient (Wildman–Crippen LogP) is 0.873. The third-order valence-electron chi connectivity index (χ3n) is 4.31. The number of para-hydroxylation sites is 1. The average molecular weight is 472 g/mol. The smallest absolute Gasteiger partial charge is 0.387 e. The summed E-state index contributed by atoms with van der Waals surface area (Å²) in [5.74, 6) is -2.04. The van der Waals surface area contributed by atoms with Crippen molar-refractivity contribution in [1.82, 2.24) is 0 Å². The quantitative estimate of drug-likeness (QED) is 0.391. The van der Waals surface area contributed by atoms with Gasteiger partial charge in [-0.15, -0.1) is 0 Å². The maximum Gasteiger partial charge on any atom is 0.387 e. The van der Waals surface area contributed by atoms with Crippen molar-refractivity contribution in [2.24, 2.45) is 0 Å². The van der Waals surface area contributed by atoms with Crippen molar-refractivity contribution < 1.29 is 58.1 Å². The second-order valence-corrected chi connectivity index (χ2v) is 6.76. The minimum atomic E-state index is -2.86. The van der Waals surface area contributed by atoms with Gasteiger partial charge in [0.25, 0.3) is 0 Å². The molecule has 180 valence electrons. The van der Waals surface area contributed by atoms with E-state index < -0.39 is 49.3 Å². The largest absolute Gasteiger partial charge is 0.481 e. The topological polar surface area (TPSA) is 163 Å². The first-order chi connectivity index (χ1) is 15.6. The Morgan fingerprint density at radius 3 is 2.00 bits per heavy atom. The summed E-state index contributed by atoms with van der Waals surface area (Å²) >= 11 is 0. The molecule has 2 aromatic carbocycles. The molecule has 0 bridgehead atoms. The van der Waals surface area contributed by atoms with E-state index in [9.17, 15) is 33.7 Å². The number of ether oxygens (including phenoxy) is 3. The molecule has 12 heteroatoms. The van der Waals surface area contributed by atoms with E-state index in [1.165, 1.54) is 24.3 Å². The Morgan fingerprint density at radius 2 is 1.48 bits per heavy atom. The molecule has 1 heterocycles. The van der Waals surface area contributed by atoms with Crippen LogP contribution in [0.4, 0.5) is 8.78 Å². The predicted molar refractivity (Wildman–Crippen MR) is 106 cm³/mol. The zero-order chi connectivity index (χ0) is 24.5. The maximum atomic E-state index is 11.7. The summed E-state index contributed by atoms with van der Waals surface area (Å²) in [6.07, 6.45) is -8.10. The van der Waals surface area contributed by atoms with Gasteiger partial charge in [0.1, 0.15) is 29.8 Å². The van der Waals surface area contributed by atoms with E-state index in [0.717, 1.165) is 0 Å². The number of carbonyl (C=O) groups is 2. The second kappa shape index (κ2) is 12.1. The van der Waals surface area contributed by atoms with Gasteiger partial charge >= 0.3 is 18.6 Å². The molecule has 33 heavy (non-hydrogen) atoms. The van der Waals surface area contributed by atoms with Crippen molar-refractivity contribution in [3.8, 4) is 11.5 Å². The van der Waals surface area contributed by atoms with Crippen LogP contribution in [0.2, 0.25) is 0 Å². The average Bonchev–Trinajstić information content (AvgIpc) is 2.76. The molecule has 0 saturated carbocycles. The molecule has 3 rings (SSSR count). The lowest BCUT2D eigenvalue weighted by Gasteiger charge is -2.38. The molecular weight excluding hydrogens is 450 g/mol. The number of alkyl halides is 2. The molecule has 0 unspecified atom stereocenters. The van der Waals surface area contributed by atoms with E-state index in [1.807, 2.05) is 0 Å².